The quantitative estimate of drug-likeness (QED) is 0.641. The number of aliphatic hydroxyl groups is 1. The Labute approximate surface area is 89.6 Å². The molecule has 82 valence electrons. The second-order valence-electron chi connectivity index (χ2n) is 3.20. The second-order valence-corrected chi connectivity index (χ2v) is 3.20. The van der Waals surface area contributed by atoms with Crippen LogP contribution in [0.5, 0.6) is 0 Å². The summed E-state index contributed by atoms with van der Waals surface area (Å²) in [6.45, 7) is -0.102. The van der Waals surface area contributed by atoms with Crippen molar-refractivity contribution in [1.82, 2.24) is 15.0 Å². The van der Waals surface area contributed by atoms with E-state index in [-0.39, 0.29) is 12.2 Å². The van der Waals surface area contributed by atoms with E-state index in [0.717, 1.165) is 0 Å². The number of H-pyrrole nitrogens is 2. The number of nitrogens with one attached hydrogen (secondary N) is 2. The zero-order valence-corrected chi connectivity index (χ0v) is 8.23. The zero-order chi connectivity index (χ0) is 11.5. The summed E-state index contributed by atoms with van der Waals surface area (Å²) in [6.07, 6.45) is 2.78. The molecule has 0 bridgehead atoms. The number of aliphatic hydroxyl groups excluding tert-OH is 1. The third-order valence-electron chi connectivity index (χ3n) is 2.10. The van der Waals surface area contributed by atoms with Crippen molar-refractivity contribution in [3.63, 3.8) is 0 Å². The highest BCUT2D eigenvalue weighted by atomic mass is 16.3. The van der Waals surface area contributed by atoms with E-state index in [9.17, 15) is 9.59 Å². The van der Waals surface area contributed by atoms with Crippen LogP contribution in [-0.4, -0.2) is 20.1 Å². The van der Waals surface area contributed by atoms with Crippen LogP contribution in [-0.2, 0) is 6.61 Å². The Balaban J connectivity index is 2.50. The van der Waals surface area contributed by atoms with Crippen molar-refractivity contribution in [3.05, 3.63) is 50.9 Å². The average molecular weight is 219 g/mol. The van der Waals surface area contributed by atoms with Crippen molar-refractivity contribution >= 4 is 0 Å². The van der Waals surface area contributed by atoms with Crippen LogP contribution in [0.2, 0.25) is 0 Å². The summed E-state index contributed by atoms with van der Waals surface area (Å²) in [5, 5.41) is 8.83. The summed E-state index contributed by atoms with van der Waals surface area (Å²) < 4.78 is 0. The molecule has 0 spiro atoms. The first-order valence-corrected chi connectivity index (χ1v) is 4.59. The fourth-order valence-corrected chi connectivity index (χ4v) is 1.28. The van der Waals surface area contributed by atoms with E-state index in [0.29, 0.717) is 11.3 Å². The molecule has 6 nitrogen and oxygen atoms in total. The highest BCUT2D eigenvalue weighted by Crippen LogP contribution is 2.10. The highest BCUT2D eigenvalue weighted by Gasteiger charge is 2.04. The molecule has 0 saturated carbocycles. The van der Waals surface area contributed by atoms with Crippen LogP contribution in [0.1, 0.15) is 5.56 Å². The smallest absolute Gasteiger partial charge is 0.325 e. The van der Waals surface area contributed by atoms with Crippen molar-refractivity contribution in [2.75, 3.05) is 0 Å². The lowest BCUT2D eigenvalue weighted by atomic mass is 10.2. The van der Waals surface area contributed by atoms with Gasteiger partial charge in [-0.3, -0.25) is 14.8 Å². The minimum Gasteiger partial charge on any atom is -0.392 e. The number of pyridine rings is 1. The first kappa shape index (κ1) is 10.3. The predicted octanol–water partition coefficient (Wildman–Crippen LogP) is -0.383. The van der Waals surface area contributed by atoms with Gasteiger partial charge < -0.3 is 10.1 Å². The molecule has 16 heavy (non-hydrogen) atoms. The SMILES string of the molecule is O=c1[nH]cc(-c2ccc(CO)cn2)c(=O)[nH]1. The van der Waals surface area contributed by atoms with Gasteiger partial charge in [-0.2, -0.15) is 0 Å². The Morgan fingerprint density at radius 1 is 1.31 bits per heavy atom. The minimum absolute atomic E-state index is 0.102. The molecular formula is C10H9N3O3. The number of aromatic amines is 2. The summed E-state index contributed by atoms with van der Waals surface area (Å²) in [5.41, 5.74) is 0.331. The van der Waals surface area contributed by atoms with Crippen LogP contribution in [0.4, 0.5) is 0 Å². The van der Waals surface area contributed by atoms with Gasteiger partial charge in [0.2, 0.25) is 0 Å². The van der Waals surface area contributed by atoms with E-state index in [4.69, 9.17) is 5.11 Å². The van der Waals surface area contributed by atoms with Crippen LogP contribution in [0, 0.1) is 0 Å². The molecule has 0 amide bonds. The maximum Gasteiger partial charge on any atom is 0.325 e. The van der Waals surface area contributed by atoms with Gasteiger partial charge in [0.05, 0.1) is 17.9 Å². The fraction of sp³-hybridized carbons (Fsp3) is 0.100. The molecule has 0 aliphatic carbocycles. The summed E-state index contributed by atoms with van der Waals surface area (Å²) in [4.78, 5) is 30.7. The van der Waals surface area contributed by atoms with E-state index >= 15 is 0 Å². The highest BCUT2D eigenvalue weighted by molar-refractivity contribution is 5.56. The van der Waals surface area contributed by atoms with Crippen LogP contribution in [0.3, 0.4) is 0 Å². The number of nitrogens with zero attached hydrogens (tertiary/aromatic N) is 1. The molecule has 2 heterocycles. The maximum atomic E-state index is 11.4. The molecule has 2 rings (SSSR count). The van der Waals surface area contributed by atoms with Gasteiger partial charge in [-0.25, -0.2) is 4.79 Å². The maximum absolute atomic E-state index is 11.4. The first-order valence-electron chi connectivity index (χ1n) is 4.59. The van der Waals surface area contributed by atoms with E-state index < -0.39 is 11.2 Å². The topological polar surface area (TPSA) is 98.8 Å². The fourth-order valence-electron chi connectivity index (χ4n) is 1.28. The summed E-state index contributed by atoms with van der Waals surface area (Å²) in [5.74, 6) is 0. The Hall–Kier alpha value is -2.21. The van der Waals surface area contributed by atoms with Crippen molar-refractivity contribution in [2.24, 2.45) is 0 Å². The molecule has 0 radical (unpaired) electrons. The molecule has 0 aliphatic rings. The van der Waals surface area contributed by atoms with Gasteiger partial charge in [-0.05, 0) is 11.6 Å². The van der Waals surface area contributed by atoms with Gasteiger partial charge in [-0.1, -0.05) is 6.07 Å². The minimum atomic E-state index is -0.555. The molecule has 0 aliphatic heterocycles. The average Bonchev–Trinajstić information content (AvgIpc) is 2.29. The Bertz CT molecular complexity index is 598. The van der Waals surface area contributed by atoms with Crippen LogP contribution in [0.15, 0.2) is 34.1 Å². The lowest BCUT2D eigenvalue weighted by Gasteiger charge is -1.99. The Kier molecular flexibility index (Phi) is 2.65. The third kappa shape index (κ3) is 1.91. The van der Waals surface area contributed by atoms with Gasteiger partial charge in [0.1, 0.15) is 0 Å². The lowest BCUT2D eigenvalue weighted by Crippen LogP contribution is -2.22. The molecule has 2 aromatic rings. The molecular weight excluding hydrogens is 210 g/mol. The number of aromatic nitrogens is 3. The Morgan fingerprint density at radius 2 is 2.12 bits per heavy atom. The summed E-state index contributed by atoms with van der Waals surface area (Å²) in [7, 11) is 0. The number of hydrogen-bond donors (Lipinski definition) is 3. The predicted molar refractivity (Wildman–Crippen MR) is 56.8 cm³/mol. The molecule has 6 heteroatoms. The molecule has 0 aromatic carbocycles. The number of rotatable bonds is 2. The normalized spacial score (nSPS) is 10.3. The van der Waals surface area contributed by atoms with Crippen molar-refractivity contribution in [2.45, 2.75) is 6.61 Å². The van der Waals surface area contributed by atoms with Gasteiger partial charge in [0.25, 0.3) is 5.56 Å². The van der Waals surface area contributed by atoms with Crippen LogP contribution >= 0.6 is 0 Å². The number of hydrogen-bond acceptors (Lipinski definition) is 4. The lowest BCUT2D eigenvalue weighted by molar-refractivity contribution is 0.281. The molecule has 0 fully saturated rings. The van der Waals surface area contributed by atoms with Crippen LogP contribution in [0.25, 0.3) is 11.3 Å². The van der Waals surface area contributed by atoms with E-state index in [1.165, 1.54) is 12.4 Å². The van der Waals surface area contributed by atoms with Crippen molar-refractivity contribution < 1.29 is 5.11 Å². The zero-order valence-electron chi connectivity index (χ0n) is 8.23. The van der Waals surface area contributed by atoms with Gasteiger partial charge in [-0.15, -0.1) is 0 Å². The standard InChI is InChI=1S/C10H9N3O3/c14-5-6-1-2-8(11-3-6)7-4-12-10(16)13-9(7)15/h1-4,14H,5H2,(H2,12,13,15,16). The molecule has 0 unspecified atom stereocenters. The monoisotopic (exact) mass is 219 g/mol. The van der Waals surface area contributed by atoms with Gasteiger partial charge in [0.15, 0.2) is 0 Å². The first-order chi connectivity index (χ1) is 7.70. The summed E-state index contributed by atoms with van der Waals surface area (Å²) in [6, 6.07) is 3.27. The largest absolute Gasteiger partial charge is 0.392 e. The third-order valence-corrected chi connectivity index (χ3v) is 2.10. The second kappa shape index (κ2) is 4.11. The van der Waals surface area contributed by atoms with E-state index in [2.05, 4.69) is 15.0 Å². The van der Waals surface area contributed by atoms with Crippen molar-refractivity contribution in [3.8, 4) is 11.3 Å². The van der Waals surface area contributed by atoms with Gasteiger partial charge >= 0.3 is 5.69 Å². The van der Waals surface area contributed by atoms with E-state index in [1.807, 2.05) is 0 Å². The van der Waals surface area contributed by atoms with Crippen molar-refractivity contribution in [1.29, 1.82) is 0 Å². The van der Waals surface area contributed by atoms with Crippen LogP contribution < -0.4 is 11.2 Å². The molecule has 0 saturated heterocycles. The summed E-state index contributed by atoms with van der Waals surface area (Å²) >= 11 is 0. The Morgan fingerprint density at radius 3 is 2.69 bits per heavy atom. The molecule has 2 aromatic heterocycles. The molecule has 3 N–H and O–H groups in total. The van der Waals surface area contributed by atoms with Gasteiger partial charge in [0, 0.05) is 12.4 Å². The van der Waals surface area contributed by atoms with E-state index in [1.54, 1.807) is 12.1 Å². The molecule has 0 atom stereocenters.